The van der Waals surface area contributed by atoms with Crippen LogP contribution in [0.5, 0.6) is 0 Å². The third-order valence-electron chi connectivity index (χ3n) is 1.98. The molecule has 0 fully saturated rings. The summed E-state index contributed by atoms with van der Waals surface area (Å²) in [7, 11) is 0. The van der Waals surface area contributed by atoms with Gasteiger partial charge in [-0.15, -0.1) is 0 Å². The van der Waals surface area contributed by atoms with Gasteiger partial charge < -0.3 is 0 Å². The zero-order valence-corrected chi connectivity index (χ0v) is 8.15. The van der Waals surface area contributed by atoms with E-state index in [0.717, 1.165) is 19.3 Å². The lowest BCUT2D eigenvalue weighted by atomic mass is 10.2. The second-order valence-electron chi connectivity index (χ2n) is 3.17. The van der Waals surface area contributed by atoms with Crippen molar-refractivity contribution in [2.75, 3.05) is 0 Å². The Balaban J connectivity index is 2.38. The lowest BCUT2D eigenvalue weighted by Crippen LogP contribution is -1.65. The number of rotatable bonds is 0. The first-order valence-electron chi connectivity index (χ1n) is 5.10. The molecule has 0 heterocycles. The SMILES string of the molecule is C1=CCC=CCCC=CCC=CC1. The van der Waals surface area contributed by atoms with Gasteiger partial charge in [0.25, 0.3) is 0 Å². The molecule has 0 saturated heterocycles. The van der Waals surface area contributed by atoms with Crippen molar-refractivity contribution >= 4 is 0 Å². The lowest BCUT2D eigenvalue weighted by Gasteiger charge is -1.85. The maximum atomic E-state index is 2.26. The van der Waals surface area contributed by atoms with E-state index in [4.69, 9.17) is 0 Å². The molecule has 0 radical (unpaired) electrons. The van der Waals surface area contributed by atoms with Crippen molar-refractivity contribution in [2.45, 2.75) is 32.1 Å². The number of hydrogen-bond donors (Lipinski definition) is 0. The molecule has 0 bridgehead atoms. The molecule has 1 aliphatic rings. The first-order chi connectivity index (χ1) is 6.50. The molecule has 0 aromatic rings. The molecule has 70 valence electrons. The van der Waals surface area contributed by atoms with Gasteiger partial charge in [0.1, 0.15) is 0 Å². The zero-order chi connectivity index (χ0) is 9.19. The van der Waals surface area contributed by atoms with Gasteiger partial charge in [0, 0.05) is 0 Å². The van der Waals surface area contributed by atoms with Crippen molar-refractivity contribution in [1.82, 2.24) is 0 Å². The van der Waals surface area contributed by atoms with Crippen molar-refractivity contribution in [3.8, 4) is 0 Å². The summed E-state index contributed by atoms with van der Waals surface area (Å²) >= 11 is 0. The van der Waals surface area contributed by atoms with Crippen LogP contribution in [0, 0.1) is 0 Å². The van der Waals surface area contributed by atoms with Crippen LogP contribution in [0.15, 0.2) is 48.6 Å². The quantitative estimate of drug-likeness (QED) is 0.483. The third kappa shape index (κ3) is 6.15. The van der Waals surface area contributed by atoms with Gasteiger partial charge in [-0.1, -0.05) is 48.6 Å². The van der Waals surface area contributed by atoms with E-state index >= 15 is 0 Å². The monoisotopic (exact) mass is 174 g/mol. The molecular formula is C13H18. The van der Waals surface area contributed by atoms with E-state index in [-0.39, 0.29) is 0 Å². The minimum absolute atomic E-state index is 1.07. The van der Waals surface area contributed by atoms with Crippen molar-refractivity contribution < 1.29 is 0 Å². The molecule has 0 unspecified atom stereocenters. The van der Waals surface area contributed by atoms with Crippen molar-refractivity contribution in [3.63, 3.8) is 0 Å². The maximum Gasteiger partial charge on any atom is -0.0169 e. The Labute approximate surface area is 81.4 Å². The minimum Gasteiger partial charge on any atom is -0.0879 e. The summed E-state index contributed by atoms with van der Waals surface area (Å²) in [6, 6.07) is 0. The fourth-order valence-electron chi connectivity index (χ4n) is 1.24. The Morgan fingerprint density at radius 3 is 1.08 bits per heavy atom. The molecule has 0 heteroatoms. The van der Waals surface area contributed by atoms with Gasteiger partial charge in [-0.05, 0) is 32.1 Å². The van der Waals surface area contributed by atoms with Crippen molar-refractivity contribution in [2.24, 2.45) is 0 Å². The third-order valence-corrected chi connectivity index (χ3v) is 1.98. The largest absolute Gasteiger partial charge is 0.0879 e. The molecule has 0 spiro atoms. The highest BCUT2D eigenvalue weighted by atomic mass is 13.9. The molecule has 13 heavy (non-hydrogen) atoms. The smallest absolute Gasteiger partial charge is 0.0169 e. The molecule has 1 rings (SSSR count). The highest BCUT2D eigenvalue weighted by Gasteiger charge is 1.78. The van der Waals surface area contributed by atoms with E-state index in [1.54, 1.807) is 0 Å². The summed E-state index contributed by atoms with van der Waals surface area (Å²) < 4.78 is 0. The van der Waals surface area contributed by atoms with E-state index in [2.05, 4.69) is 48.6 Å². The fraction of sp³-hybridized carbons (Fsp3) is 0.385. The van der Waals surface area contributed by atoms with E-state index < -0.39 is 0 Å². The average Bonchev–Trinajstić information content (AvgIpc) is 2.18. The highest BCUT2D eigenvalue weighted by Crippen LogP contribution is 1.99. The molecule has 0 aromatic carbocycles. The summed E-state index contributed by atoms with van der Waals surface area (Å²) in [4.78, 5) is 0. The van der Waals surface area contributed by atoms with E-state index in [0.29, 0.717) is 0 Å². The molecule has 1 aliphatic carbocycles. The van der Waals surface area contributed by atoms with Gasteiger partial charge in [0.05, 0.1) is 0 Å². The fourth-order valence-corrected chi connectivity index (χ4v) is 1.24. The second kappa shape index (κ2) is 7.60. The second-order valence-corrected chi connectivity index (χ2v) is 3.17. The summed E-state index contributed by atoms with van der Waals surface area (Å²) in [5.41, 5.74) is 0. The van der Waals surface area contributed by atoms with Crippen LogP contribution in [-0.2, 0) is 0 Å². The molecule has 0 aromatic heterocycles. The predicted molar refractivity (Wildman–Crippen MR) is 59.6 cm³/mol. The molecule has 0 nitrogen and oxygen atoms in total. The Morgan fingerprint density at radius 1 is 0.385 bits per heavy atom. The molecule has 0 aliphatic heterocycles. The van der Waals surface area contributed by atoms with Crippen LogP contribution in [0.3, 0.4) is 0 Å². The molecule has 0 amide bonds. The van der Waals surface area contributed by atoms with Crippen LogP contribution in [-0.4, -0.2) is 0 Å². The van der Waals surface area contributed by atoms with Gasteiger partial charge in [0.2, 0.25) is 0 Å². The molecule has 0 N–H and O–H groups in total. The summed E-state index contributed by atoms with van der Waals surface area (Å²) in [6.45, 7) is 0. The van der Waals surface area contributed by atoms with Gasteiger partial charge >= 0.3 is 0 Å². The molecule has 0 saturated carbocycles. The van der Waals surface area contributed by atoms with E-state index in [1.807, 2.05) is 0 Å². The van der Waals surface area contributed by atoms with Crippen LogP contribution < -0.4 is 0 Å². The first-order valence-corrected chi connectivity index (χ1v) is 5.10. The Kier molecular flexibility index (Phi) is 5.87. The number of hydrogen-bond acceptors (Lipinski definition) is 0. The summed E-state index contributed by atoms with van der Waals surface area (Å²) in [5, 5.41) is 0. The normalized spacial score (nSPS) is 19.1. The summed E-state index contributed by atoms with van der Waals surface area (Å²) in [5.74, 6) is 0. The van der Waals surface area contributed by atoms with E-state index in [1.165, 1.54) is 12.8 Å². The average molecular weight is 174 g/mol. The van der Waals surface area contributed by atoms with Gasteiger partial charge in [-0.25, -0.2) is 0 Å². The van der Waals surface area contributed by atoms with Crippen LogP contribution in [0.2, 0.25) is 0 Å². The Bertz CT molecular complexity index is 192. The van der Waals surface area contributed by atoms with Gasteiger partial charge in [-0.2, -0.15) is 0 Å². The predicted octanol–water partition coefficient (Wildman–Crippen LogP) is 4.18. The molecule has 0 atom stereocenters. The number of allylic oxidation sites excluding steroid dienone is 8. The highest BCUT2D eigenvalue weighted by molar-refractivity contribution is 5.00. The van der Waals surface area contributed by atoms with Crippen LogP contribution in [0.1, 0.15) is 32.1 Å². The topological polar surface area (TPSA) is 0 Å². The van der Waals surface area contributed by atoms with Crippen LogP contribution in [0.4, 0.5) is 0 Å². The van der Waals surface area contributed by atoms with Crippen LogP contribution >= 0.6 is 0 Å². The van der Waals surface area contributed by atoms with E-state index in [9.17, 15) is 0 Å². The minimum atomic E-state index is 1.07. The first kappa shape index (κ1) is 10.0. The van der Waals surface area contributed by atoms with Gasteiger partial charge in [-0.3, -0.25) is 0 Å². The summed E-state index contributed by atoms with van der Waals surface area (Å²) in [6.07, 6.45) is 23.5. The van der Waals surface area contributed by atoms with Crippen molar-refractivity contribution in [3.05, 3.63) is 48.6 Å². The van der Waals surface area contributed by atoms with Crippen molar-refractivity contribution in [1.29, 1.82) is 0 Å². The Hall–Kier alpha value is -1.04. The maximum absolute atomic E-state index is 2.26. The van der Waals surface area contributed by atoms with Crippen LogP contribution in [0.25, 0.3) is 0 Å². The molecular weight excluding hydrogens is 156 g/mol. The Morgan fingerprint density at radius 2 is 0.692 bits per heavy atom. The zero-order valence-electron chi connectivity index (χ0n) is 8.15. The van der Waals surface area contributed by atoms with Gasteiger partial charge in [0.15, 0.2) is 0 Å². The lowest BCUT2D eigenvalue weighted by molar-refractivity contribution is 1.04. The standard InChI is InChI=1S/C13H18/c1-2-4-6-8-10-12-13-11-9-7-5-3-1/h1-2,5-8,11,13H,3-4,9-10,12H2.